The minimum Gasteiger partial charge on any atom is -0.352 e. The lowest BCUT2D eigenvalue weighted by molar-refractivity contribution is -0.120. The maximum absolute atomic E-state index is 12.0. The van der Waals surface area contributed by atoms with Gasteiger partial charge in [0.1, 0.15) is 5.01 Å². The molecule has 0 saturated heterocycles. The Balaban J connectivity index is 1.68. The molecule has 1 heterocycles. The van der Waals surface area contributed by atoms with Crippen LogP contribution in [0.25, 0.3) is 0 Å². The van der Waals surface area contributed by atoms with Crippen molar-refractivity contribution in [3.8, 4) is 0 Å². The fourth-order valence-corrected chi connectivity index (χ4v) is 3.46. The fourth-order valence-electron chi connectivity index (χ4n) is 2.66. The van der Waals surface area contributed by atoms with E-state index in [1.54, 1.807) is 18.4 Å². The van der Waals surface area contributed by atoms with Crippen molar-refractivity contribution in [3.63, 3.8) is 0 Å². The molecule has 1 fully saturated rings. The number of thiazole rings is 1. The molecular weight excluding hydrogens is 310 g/mol. The van der Waals surface area contributed by atoms with E-state index in [0.29, 0.717) is 18.5 Å². The van der Waals surface area contributed by atoms with Crippen LogP contribution in [0.4, 0.5) is 0 Å². The maximum atomic E-state index is 12.0. The molecule has 0 aliphatic heterocycles. The van der Waals surface area contributed by atoms with E-state index in [2.05, 4.69) is 32.9 Å². The highest BCUT2D eigenvalue weighted by molar-refractivity contribution is 7.11. The van der Waals surface area contributed by atoms with Crippen molar-refractivity contribution in [3.05, 3.63) is 16.1 Å². The van der Waals surface area contributed by atoms with E-state index < -0.39 is 0 Å². The molecular formula is C16H27N5OS. The molecule has 7 heteroatoms. The fraction of sp³-hybridized carbons (Fsp3) is 0.688. The van der Waals surface area contributed by atoms with Gasteiger partial charge in [0, 0.05) is 24.2 Å². The first-order valence-electron chi connectivity index (χ1n) is 8.38. The van der Waals surface area contributed by atoms with Crippen LogP contribution in [0.1, 0.15) is 48.9 Å². The number of aryl methyl sites for hydroxylation is 1. The number of carbonyl (C=O) groups is 1. The molecule has 0 aromatic carbocycles. The van der Waals surface area contributed by atoms with Crippen LogP contribution in [0.5, 0.6) is 0 Å². The van der Waals surface area contributed by atoms with Crippen LogP contribution in [0.3, 0.4) is 0 Å². The molecule has 1 aromatic rings. The second-order valence-electron chi connectivity index (χ2n) is 5.76. The summed E-state index contributed by atoms with van der Waals surface area (Å²) in [6.45, 7) is 2.99. The second kappa shape index (κ2) is 9.50. The summed E-state index contributed by atoms with van der Waals surface area (Å²) in [7, 11) is 1.70. The zero-order chi connectivity index (χ0) is 16.5. The Labute approximate surface area is 142 Å². The molecule has 1 saturated carbocycles. The summed E-state index contributed by atoms with van der Waals surface area (Å²) in [6, 6.07) is 0.343. The number of nitrogens with one attached hydrogen (secondary N) is 3. The van der Waals surface area contributed by atoms with Crippen molar-refractivity contribution in [2.24, 2.45) is 4.99 Å². The number of aliphatic imine (C=N–C) groups is 1. The highest BCUT2D eigenvalue weighted by Crippen LogP contribution is 2.17. The van der Waals surface area contributed by atoms with Gasteiger partial charge < -0.3 is 16.0 Å². The number of guanidine groups is 1. The molecule has 0 atom stereocenters. The van der Waals surface area contributed by atoms with E-state index in [4.69, 9.17) is 0 Å². The lowest BCUT2D eigenvalue weighted by Crippen LogP contribution is -2.45. The topological polar surface area (TPSA) is 78.4 Å². The first-order chi connectivity index (χ1) is 11.2. The largest absolute Gasteiger partial charge is 0.352 e. The predicted octanol–water partition coefficient (Wildman–Crippen LogP) is 1.82. The highest BCUT2D eigenvalue weighted by Gasteiger charge is 2.15. The van der Waals surface area contributed by atoms with Crippen molar-refractivity contribution >= 4 is 23.2 Å². The van der Waals surface area contributed by atoms with Gasteiger partial charge in [-0.2, -0.15) is 0 Å². The molecule has 23 heavy (non-hydrogen) atoms. The van der Waals surface area contributed by atoms with E-state index in [9.17, 15) is 4.79 Å². The van der Waals surface area contributed by atoms with Gasteiger partial charge in [-0.15, -0.1) is 11.3 Å². The molecule has 1 amide bonds. The van der Waals surface area contributed by atoms with E-state index in [1.165, 1.54) is 24.1 Å². The Morgan fingerprint density at radius 3 is 2.78 bits per heavy atom. The Hall–Kier alpha value is -1.63. The summed E-state index contributed by atoms with van der Waals surface area (Å²) >= 11 is 1.70. The number of rotatable bonds is 6. The van der Waals surface area contributed by atoms with Gasteiger partial charge in [-0.1, -0.05) is 26.2 Å². The number of amides is 1. The van der Waals surface area contributed by atoms with Crippen molar-refractivity contribution < 1.29 is 4.79 Å². The van der Waals surface area contributed by atoms with Crippen molar-refractivity contribution in [1.29, 1.82) is 0 Å². The molecule has 0 bridgehead atoms. The van der Waals surface area contributed by atoms with Crippen LogP contribution in [0, 0.1) is 0 Å². The zero-order valence-corrected chi connectivity index (χ0v) is 14.8. The van der Waals surface area contributed by atoms with Crippen molar-refractivity contribution in [2.75, 3.05) is 13.6 Å². The first-order valence-corrected chi connectivity index (χ1v) is 9.20. The van der Waals surface area contributed by atoms with E-state index >= 15 is 0 Å². The van der Waals surface area contributed by atoms with Crippen LogP contribution < -0.4 is 16.0 Å². The molecule has 0 radical (unpaired) electrons. The summed E-state index contributed by atoms with van der Waals surface area (Å²) in [6.07, 6.45) is 8.84. The second-order valence-corrected chi connectivity index (χ2v) is 6.96. The summed E-state index contributed by atoms with van der Waals surface area (Å²) in [5.41, 5.74) is 0. The van der Waals surface area contributed by atoms with Gasteiger partial charge in [0.15, 0.2) is 5.96 Å². The minimum atomic E-state index is 0.0300. The zero-order valence-electron chi connectivity index (χ0n) is 14.0. The Morgan fingerprint density at radius 1 is 1.35 bits per heavy atom. The van der Waals surface area contributed by atoms with E-state index in [1.807, 2.05) is 6.20 Å². The smallest absolute Gasteiger partial charge is 0.239 e. The summed E-state index contributed by atoms with van der Waals surface area (Å²) in [4.78, 5) is 21.8. The molecule has 1 aromatic heterocycles. The van der Waals surface area contributed by atoms with Crippen LogP contribution in [0.2, 0.25) is 0 Å². The van der Waals surface area contributed by atoms with Crippen LogP contribution in [-0.4, -0.2) is 36.5 Å². The third kappa shape index (κ3) is 6.17. The van der Waals surface area contributed by atoms with E-state index in [0.717, 1.165) is 24.3 Å². The molecule has 0 unspecified atom stereocenters. The number of hydrogen-bond acceptors (Lipinski definition) is 4. The lowest BCUT2D eigenvalue weighted by Gasteiger charge is -2.23. The standard InChI is InChI=1S/C16H27N5OS/c1-3-13-9-18-15(23-13)11-20-16(17-2)19-10-14(22)21-12-7-5-4-6-8-12/h9,12H,3-8,10-11H2,1-2H3,(H,21,22)(H2,17,19,20). The van der Waals surface area contributed by atoms with Gasteiger partial charge in [0.2, 0.25) is 5.91 Å². The minimum absolute atomic E-state index is 0.0300. The highest BCUT2D eigenvalue weighted by atomic mass is 32.1. The number of hydrogen-bond donors (Lipinski definition) is 3. The first kappa shape index (κ1) is 17.7. The molecule has 2 rings (SSSR count). The SMILES string of the molecule is CCc1cnc(CNC(=NC)NCC(=O)NC2CCCCC2)s1. The lowest BCUT2D eigenvalue weighted by atomic mass is 9.95. The third-order valence-corrected chi connectivity index (χ3v) is 5.11. The number of aromatic nitrogens is 1. The van der Waals surface area contributed by atoms with Crippen LogP contribution in [-0.2, 0) is 17.8 Å². The van der Waals surface area contributed by atoms with Gasteiger partial charge in [-0.3, -0.25) is 9.79 Å². The van der Waals surface area contributed by atoms with Gasteiger partial charge in [-0.05, 0) is 19.3 Å². The van der Waals surface area contributed by atoms with Gasteiger partial charge in [0.25, 0.3) is 0 Å². The van der Waals surface area contributed by atoms with Crippen molar-refractivity contribution in [1.82, 2.24) is 20.9 Å². The monoisotopic (exact) mass is 337 g/mol. The average molecular weight is 337 g/mol. The van der Waals surface area contributed by atoms with Gasteiger partial charge in [0.05, 0.1) is 13.1 Å². The Morgan fingerprint density at radius 2 is 2.13 bits per heavy atom. The number of carbonyl (C=O) groups excluding carboxylic acids is 1. The summed E-state index contributed by atoms with van der Waals surface area (Å²) in [5.74, 6) is 0.652. The van der Waals surface area contributed by atoms with E-state index in [-0.39, 0.29) is 12.5 Å². The van der Waals surface area contributed by atoms with Gasteiger partial charge in [-0.25, -0.2) is 4.98 Å². The summed E-state index contributed by atoms with van der Waals surface area (Å²) < 4.78 is 0. The summed E-state index contributed by atoms with van der Waals surface area (Å²) in [5, 5.41) is 10.4. The van der Waals surface area contributed by atoms with Crippen molar-refractivity contribution in [2.45, 2.75) is 58.0 Å². The molecule has 1 aliphatic rings. The average Bonchev–Trinajstić information content (AvgIpc) is 3.04. The Bertz CT molecular complexity index is 522. The molecule has 3 N–H and O–H groups in total. The molecule has 1 aliphatic carbocycles. The van der Waals surface area contributed by atoms with Gasteiger partial charge >= 0.3 is 0 Å². The van der Waals surface area contributed by atoms with Crippen LogP contribution in [0.15, 0.2) is 11.2 Å². The van der Waals surface area contributed by atoms with Crippen LogP contribution >= 0.6 is 11.3 Å². The predicted molar refractivity (Wildman–Crippen MR) is 94.7 cm³/mol. The third-order valence-electron chi connectivity index (χ3n) is 3.97. The normalized spacial score (nSPS) is 16.2. The molecule has 0 spiro atoms. The number of nitrogens with zero attached hydrogens (tertiary/aromatic N) is 2. The Kier molecular flexibility index (Phi) is 7.32. The quantitative estimate of drug-likeness (QED) is 0.546. The maximum Gasteiger partial charge on any atom is 0.239 e. The molecule has 128 valence electrons. The molecule has 6 nitrogen and oxygen atoms in total.